The van der Waals surface area contributed by atoms with Gasteiger partial charge < -0.3 is 4.74 Å². The van der Waals surface area contributed by atoms with Gasteiger partial charge in [-0.1, -0.05) is 36.4 Å². The van der Waals surface area contributed by atoms with E-state index in [1.807, 2.05) is 18.2 Å². The first-order chi connectivity index (χ1) is 13.6. The highest BCUT2D eigenvalue weighted by atomic mass is 16.5. The van der Waals surface area contributed by atoms with Crippen LogP contribution in [0.15, 0.2) is 54.6 Å². The Balaban J connectivity index is 1.31. The molecule has 1 heterocycles. The fourth-order valence-corrected chi connectivity index (χ4v) is 4.17. The molecule has 0 radical (unpaired) electrons. The topological polar surface area (TPSA) is 63.7 Å². The van der Waals surface area contributed by atoms with Gasteiger partial charge in [-0.05, 0) is 52.9 Å². The van der Waals surface area contributed by atoms with Crippen molar-refractivity contribution in [3.63, 3.8) is 0 Å². The van der Waals surface area contributed by atoms with Crippen LogP contribution in [0, 0.1) is 0 Å². The SMILES string of the molecule is O=C(OCCN1C(=O)c2ccccc2C1=O)c1ccc2c3c(cccc13)CC2. The predicted octanol–water partition coefficient (Wildman–Crippen LogP) is 3.39. The van der Waals surface area contributed by atoms with Gasteiger partial charge in [-0.15, -0.1) is 0 Å². The van der Waals surface area contributed by atoms with Crippen LogP contribution >= 0.6 is 0 Å². The van der Waals surface area contributed by atoms with Crippen LogP contribution in [0.25, 0.3) is 10.8 Å². The minimum Gasteiger partial charge on any atom is -0.460 e. The van der Waals surface area contributed by atoms with Gasteiger partial charge in [-0.2, -0.15) is 0 Å². The van der Waals surface area contributed by atoms with Crippen LogP contribution in [-0.4, -0.2) is 35.8 Å². The van der Waals surface area contributed by atoms with Crippen LogP contribution in [0.2, 0.25) is 0 Å². The van der Waals surface area contributed by atoms with Crippen LogP contribution in [-0.2, 0) is 17.6 Å². The number of benzene rings is 3. The maximum Gasteiger partial charge on any atom is 0.338 e. The van der Waals surface area contributed by atoms with Crippen LogP contribution in [0.1, 0.15) is 42.2 Å². The van der Waals surface area contributed by atoms with Crippen molar-refractivity contribution in [1.29, 1.82) is 0 Å². The van der Waals surface area contributed by atoms with E-state index in [1.54, 1.807) is 30.3 Å². The maximum absolute atomic E-state index is 12.6. The first-order valence-electron chi connectivity index (χ1n) is 9.31. The second-order valence-electron chi connectivity index (χ2n) is 7.06. The van der Waals surface area contributed by atoms with Crippen LogP contribution in [0.4, 0.5) is 0 Å². The van der Waals surface area contributed by atoms with E-state index >= 15 is 0 Å². The number of hydrogen-bond acceptors (Lipinski definition) is 4. The molecule has 5 nitrogen and oxygen atoms in total. The number of imide groups is 1. The Morgan fingerprint density at radius 2 is 1.54 bits per heavy atom. The number of rotatable bonds is 4. The number of amides is 2. The van der Waals surface area contributed by atoms with Crippen molar-refractivity contribution in [2.24, 2.45) is 0 Å². The zero-order chi connectivity index (χ0) is 19.3. The molecule has 0 bridgehead atoms. The van der Waals surface area contributed by atoms with Gasteiger partial charge in [-0.3, -0.25) is 14.5 Å². The Hall–Kier alpha value is -3.47. The van der Waals surface area contributed by atoms with Gasteiger partial charge in [0.2, 0.25) is 0 Å². The summed E-state index contributed by atoms with van der Waals surface area (Å²) in [5.41, 5.74) is 3.82. The van der Waals surface area contributed by atoms with Crippen molar-refractivity contribution in [3.05, 3.63) is 82.4 Å². The van der Waals surface area contributed by atoms with E-state index in [0.29, 0.717) is 16.7 Å². The highest BCUT2D eigenvalue weighted by Crippen LogP contribution is 2.33. The van der Waals surface area contributed by atoms with Gasteiger partial charge >= 0.3 is 5.97 Å². The van der Waals surface area contributed by atoms with Crippen molar-refractivity contribution < 1.29 is 19.1 Å². The molecule has 0 fully saturated rings. The Bertz CT molecular complexity index is 1120. The first kappa shape index (κ1) is 16.7. The van der Waals surface area contributed by atoms with E-state index in [4.69, 9.17) is 4.74 Å². The quantitative estimate of drug-likeness (QED) is 0.521. The molecule has 2 aliphatic rings. The summed E-state index contributed by atoms with van der Waals surface area (Å²) in [6.45, 7) is 0.00654. The summed E-state index contributed by atoms with van der Waals surface area (Å²) >= 11 is 0. The van der Waals surface area contributed by atoms with Crippen molar-refractivity contribution in [3.8, 4) is 0 Å². The molecule has 0 aromatic heterocycles. The average molecular weight is 371 g/mol. The molecule has 1 aliphatic heterocycles. The summed E-state index contributed by atoms with van der Waals surface area (Å²) in [5, 5.41) is 2.05. The third-order valence-corrected chi connectivity index (χ3v) is 5.52. The van der Waals surface area contributed by atoms with Crippen molar-refractivity contribution in [1.82, 2.24) is 4.90 Å². The molecule has 0 N–H and O–H groups in total. The highest BCUT2D eigenvalue weighted by Gasteiger charge is 2.34. The summed E-state index contributed by atoms with van der Waals surface area (Å²) in [5.74, 6) is -1.13. The van der Waals surface area contributed by atoms with Crippen LogP contribution in [0.3, 0.4) is 0 Å². The second kappa shape index (κ2) is 6.30. The lowest BCUT2D eigenvalue weighted by atomic mass is 10.00. The summed E-state index contributed by atoms with van der Waals surface area (Å²) in [7, 11) is 0. The molecule has 2 amide bonds. The molecule has 0 spiro atoms. The normalized spacial score (nSPS) is 14.6. The van der Waals surface area contributed by atoms with Gasteiger partial charge in [-0.25, -0.2) is 4.79 Å². The van der Waals surface area contributed by atoms with Crippen molar-refractivity contribution >= 4 is 28.6 Å². The zero-order valence-corrected chi connectivity index (χ0v) is 15.1. The largest absolute Gasteiger partial charge is 0.460 e. The van der Waals surface area contributed by atoms with E-state index < -0.39 is 5.97 Å². The zero-order valence-electron chi connectivity index (χ0n) is 15.1. The number of ether oxygens (including phenoxy) is 1. The molecule has 0 unspecified atom stereocenters. The first-order valence-corrected chi connectivity index (χ1v) is 9.31. The molecule has 3 aromatic carbocycles. The molecule has 3 aromatic rings. The van der Waals surface area contributed by atoms with Gasteiger partial charge in [0.1, 0.15) is 6.61 Å². The van der Waals surface area contributed by atoms with Crippen LogP contribution in [0.5, 0.6) is 0 Å². The molecule has 0 saturated carbocycles. The fourth-order valence-electron chi connectivity index (χ4n) is 4.17. The number of esters is 1. The molecular weight excluding hydrogens is 354 g/mol. The lowest BCUT2D eigenvalue weighted by Gasteiger charge is -2.14. The summed E-state index contributed by atoms with van der Waals surface area (Å²) < 4.78 is 5.41. The number of hydrogen-bond donors (Lipinski definition) is 0. The lowest BCUT2D eigenvalue weighted by molar-refractivity contribution is 0.0422. The maximum atomic E-state index is 12.6. The van der Waals surface area contributed by atoms with E-state index in [-0.39, 0.29) is 25.0 Å². The molecule has 1 aliphatic carbocycles. The third-order valence-electron chi connectivity index (χ3n) is 5.52. The van der Waals surface area contributed by atoms with Crippen molar-refractivity contribution in [2.75, 3.05) is 13.2 Å². The number of nitrogens with zero attached hydrogens (tertiary/aromatic N) is 1. The van der Waals surface area contributed by atoms with Gasteiger partial charge in [0.25, 0.3) is 11.8 Å². The third kappa shape index (κ3) is 2.43. The minimum absolute atomic E-state index is 0.0345. The fraction of sp³-hybridized carbons (Fsp3) is 0.174. The van der Waals surface area contributed by atoms with Gasteiger partial charge in [0.15, 0.2) is 0 Å². The van der Waals surface area contributed by atoms with E-state index in [9.17, 15) is 14.4 Å². The Morgan fingerprint density at radius 3 is 2.25 bits per heavy atom. The average Bonchev–Trinajstić information content (AvgIpc) is 3.25. The lowest BCUT2D eigenvalue weighted by Crippen LogP contribution is -2.33. The number of aryl methyl sites for hydroxylation is 2. The second-order valence-corrected chi connectivity index (χ2v) is 7.06. The highest BCUT2D eigenvalue weighted by molar-refractivity contribution is 6.21. The molecule has 28 heavy (non-hydrogen) atoms. The number of carbonyl (C=O) groups excluding carboxylic acids is 3. The Morgan fingerprint density at radius 1 is 0.857 bits per heavy atom. The van der Waals surface area contributed by atoms with E-state index in [1.165, 1.54) is 11.1 Å². The smallest absolute Gasteiger partial charge is 0.338 e. The molecular formula is C23H17NO4. The predicted molar refractivity (Wildman–Crippen MR) is 103 cm³/mol. The Kier molecular flexibility index (Phi) is 3.76. The standard InChI is InChI=1S/C23H17NO4/c25-21-17-5-1-2-6-18(17)22(26)24(21)12-13-28-23(27)19-11-10-15-9-8-14-4-3-7-16(19)20(14)15/h1-7,10-11H,8-9,12-13H2. The molecule has 138 valence electrons. The molecule has 0 saturated heterocycles. The van der Waals surface area contributed by atoms with Gasteiger partial charge in [0.05, 0.1) is 23.2 Å². The number of fused-ring (bicyclic) bond motifs is 1. The minimum atomic E-state index is -0.438. The van der Waals surface area contributed by atoms with Gasteiger partial charge in [0, 0.05) is 0 Å². The van der Waals surface area contributed by atoms with E-state index in [0.717, 1.165) is 28.5 Å². The monoisotopic (exact) mass is 371 g/mol. The number of carbonyl (C=O) groups is 3. The summed E-state index contributed by atoms with van der Waals surface area (Å²) in [4.78, 5) is 38.5. The molecule has 0 atom stereocenters. The Labute approximate surface area is 161 Å². The molecule has 5 rings (SSSR count). The summed E-state index contributed by atoms with van der Waals surface area (Å²) in [6.07, 6.45) is 1.98. The van der Waals surface area contributed by atoms with Crippen LogP contribution < -0.4 is 0 Å². The molecule has 5 heteroatoms. The van der Waals surface area contributed by atoms with Crippen molar-refractivity contribution in [2.45, 2.75) is 12.8 Å². The summed E-state index contributed by atoms with van der Waals surface area (Å²) in [6, 6.07) is 16.5. The van der Waals surface area contributed by atoms with E-state index in [2.05, 4.69) is 6.07 Å².